The van der Waals surface area contributed by atoms with Crippen LogP contribution in [0, 0.1) is 0 Å². The molecule has 37 valence electrons. The van der Waals surface area contributed by atoms with Gasteiger partial charge in [0.05, 0.1) is 0 Å². The Bertz CT molecular complexity index is 35.9. The number of hydrogen-bond donors (Lipinski definition) is 0. The third kappa shape index (κ3) is 51.9. The van der Waals surface area contributed by atoms with E-state index >= 15 is 0 Å². The fourth-order valence-electron chi connectivity index (χ4n) is 0. The van der Waals surface area contributed by atoms with E-state index in [-0.39, 0.29) is 45.4 Å². The molecule has 0 bridgehead atoms. The van der Waals surface area contributed by atoms with Gasteiger partial charge in [-0.2, -0.15) is 0 Å². The largest absolute Gasteiger partial charge is 0.419 e. The number of allylic oxidation sites excluding steroid dienone is 1. The zero-order chi connectivity index (χ0) is 3.41. The molecule has 0 aliphatic carbocycles. The molecule has 0 rings (SSSR count). The molecule has 4 heteroatoms. The SMILES string of the molecule is C=C[C-]=O.[Al].[Fe].[Si]. The monoisotopic (exact) mass is 166 g/mol. The Morgan fingerprint density at radius 3 is 1.71 bits per heavy atom. The quantitative estimate of drug-likeness (QED) is 0.292. The van der Waals surface area contributed by atoms with Crippen molar-refractivity contribution in [1.82, 2.24) is 0 Å². The summed E-state index contributed by atoms with van der Waals surface area (Å²) >= 11 is 0. The van der Waals surface area contributed by atoms with Crippen LogP contribution < -0.4 is 0 Å². The van der Waals surface area contributed by atoms with Gasteiger partial charge in [0.15, 0.2) is 0 Å². The Morgan fingerprint density at radius 1 is 1.57 bits per heavy atom. The van der Waals surface area contributed by atoms with Crippen molar-refractivity contribution in [1.29, 1.82) is 0 Å². The van der Waals surface area contributed by atoms with Gasteiger partial charge in [-0.05, 0) is 6.29 Å². The molecular formula is C3H3AlFeOSi-. The average molecular weight is 166 g/mol. The van der Waals surface area contributed by atoms with Crippen LogP contribution in [0.1, 0.15) is 0 Å². The zero-order valence-corrected chi connectivity index (χ0v) is 6.88. The second kappa shape index (κ2) is 30.0. The predicted molar refractivity (Wildman–Crippen MR) is 27.4 cm³/mol. The maximum Gasteiger partial charge on any atom is 0 e. The van der Waals surface area contributed by atoms with Crippen LogP contribution >= 0.6 is 0 Å². The molecule has 0 atom stereocenters. The normalized spacial score (nSPS) is 2.86. The molecule has 0 aromatic heterocycles. The first kappa shape index (κ1) is 25.3. The Labute approximate surface area is 69.2 Å². The maximum absolute atomic E-state index is 8.93. The maximum atomic E-state index is 8.93. The molecule has 0 heterocycles. The van der Waals surface area contributed by atoms with Crippen molar-refractivity contribution in [2.45, 2.75) is 0 Å². The minimum atomic E-state index is 0. The van der Waals surface area contributed by atoms with E-state index < -0.39 is 0 Å². The summed E-state index contributed by atoms with van der Waals surface area (Å²) < 4.78 is 0. The first-order valence-electron chi connectivity index (χ1n) is 0.901. The van der Waals surface area contributed by atoms with Crippen molar-refractivity contribution < 1.29 is 21.9 Å². The van der Waals surface area contributed by atoms with Gasteiger partial charge in [-0.3, -0.25) is 0 Å². The molecule has 0 aliphatic heterocycles. The smallest absolute Gasteiger partial charge is 0 e. The summed E-state index contributed by atoms with van der Waals surface area (Å²) in [6, 6.07) is 0. The molecule has 7 heavy (non-hydrogen) atoms. The third-order valence-electron chi connectivity index (χ3n) is 0.0833. The van der Waals surface area contributed by atoms with Crippen molar-refractivity contribution in [3.63, 3.8) is 0 Å². The standard InChI is InChI=1S/C3H3O.Al.Fe.Si/c1-2-3-4;;;/h2H,1H2;;;/q-1;;;. The number of rotatable bonds is 1. The van der Waals surface area contributed by atoms with Crippen LogP contribution in [0.4, 0.5) is 0 Å². The van der Waals surface area contributed by atoms with Gasteiger partial charge in [-0.15, -0.1) is 0 Å². The third-order valence-corrected chi connectivity index (χ3v) is 0.0833. The summed E-state index contributed by atoms with van der Waals surface area (Å²) in [4.78, 5) is 8.93. The minimum absolute atomic E-state index is 0. The molecule has 1 nitrogen and oxygen atoms in total. The van der Waals surface area contributed by atoms with E-state index in [9.17, 15) is 0 Å². The topological polar surface area (TPSA) is 17.1 Å². The predicted octanol–water partition coefficient (Wildman–Crippen LogP) is -0.482. The van der Waals surface area contributed by atoms with Gasteiger partial charge in [0, 0.05) is 45.4 Å². The Balaban J connectivity index is -0.0000000150. The molecule has 0 amide bonds. The molecule has 0 fully saturated rings. The van der Waals surface area contributed by atoms with Crippen molar-refractivity contribution in [3.8, 4) is 0 Å². The second-order valence-electron chi connectivity index (χ2n) is 0.322. The van der Waals surface area contributed by atoms with Crippen molar-refractivity contribution in [2.75, 3.05) is 0 Å². The Hall–Kier alpha value is 0.679. The fourth-order valence-corrected chi connectivity index (χ4v) is 0. The average Bonchev–Trinajstić information content (AvgIpc) is 1.37. The molecule has 7 radical (unpaired) electrons. The van der Waals surface area contributed by atoms with Crippen molar-refractivity contribution >= 4 is 34.6 Å². The summed E-state index contributed by atoms with van der Waals surface area (Å²) in [6.07, 6.45) is 2.51. The van der Waals surface area contributed by atoms with E-state index in [1.54, 1.807) is 0 Å². The summed E-state index contributed by atoms with van der Waals surface area (Å²) in [6.45, 7) is 3.06. The van der Waals surface area contributed by atoms with Gasteiger partial charge in [0.25, 0.3) is 0 Å². The molecule has 0 saturated heterocycles. The van der Waals surface area contributed by atoms with Gasteiger partial charge in [0.1, 0.15) is 0 Å². The van der Waals surface area contributed by atoms with Crippen molar-refractivity contribution in [3.05, 3.63) is 12.7 Å². The van der Waals surface area contributed by atoms with E-state index in [0.29, 0.717) is 0 Å². The Kier molecular flexibility index (Phi) is 109. The molecule has 0 aromatic rings. The summed E-state index contributed by atoms with van der Waals surface area (Å²) in [5.41, 5.74) is 0. The van der Waals surface area contributed by atoms with Gasteiger partial charge in [-0.1, -0.05) is 0 Å². The van der Waals surface area contributed by atoms with Gasteiger partial charge < -0.3 is 4.79 Å². The van der Waals surface area contributed by atoms with Crippen LogP contribution in [0.5, 0.6) is 0 Å². The van der Waals surface area contributed by atoms with E-state index in [4.69, 9.17) is 4.79 Å². The molecule has 0 aromatic carbocycles. The van der Waals surface area contributed by atoms with Gasteiger partial charge in [-0.25, -0.2) is 12.7 Å². The van der Waals surface area contributed by atoms with Gasteiger partial charge >= 0.3 is 0 Å². The molecule has 0 aliphatic rings. The van der Waals surface area contributed by atoms with Crippen LogP contribution in [-0.4, -0.2) is 34.6 Å². The number of carbonyl (C=O) groups excluding carboxylic acids is 1. The first-order chi connectivity index (χ1) is 1.91. The molecule has 0 unspecified atom stereocenters. The molecule has 0 N–H and O–H groups in total. The summed E-state index contributed by atoms with van der Waals surface area (Å²) in [7, 11) is 0. The van der Waals surface area contributed by atoms with Crippen LogP contribution in [-0.2, 0) is 21.9 Å². The molecule has 0 spiro atoms. The Morgan fingerprint density at radius 2 is 1.71 bits per heavy atom. The van der Waals surface area contributed by atoms with E-state index in [1.165, 1.54) is 6.29 Å². The van der Waals surface area contributed by atoms with Crippen LogP contribution in [0.3, 0.4) is 0 Å². The van der Waals surface area contributed by atoms with Crippen LogP contribution in [0.2, 0.25) is 0 Å². The van der Waals surface area contributed by atoms with Crippen LogP contribution in [0.25, 0.3) is 0 Å². The van der Waals surface area contributed by atoms with E-state index in [2.05, 4.69) is 6.58 Å². The molecular weight excluding hydrogens is 163 g/mol. The van der Waals surface area contributed by atoms with Crippen molar-refractivity contribution in [2.24, 2.45) is 0 Å². The fraction of sp³-hybridized carbons (Fsp3) is 0. The van der Waals surface area contributed by atoms with E-state index in [0.717, 1.165) is 6.08 Å². The molecule has 0 saturated carbocycles. The zero-order valence-electron chi connectivity index (χ0n) is 3.62. The number of hydrogen-bond acceptors (Lipinski definition) is 1. The summed E-state index contributed by atoms with van der Waals surface area (Å²) in [5.74, 6) is 0. The first-order valence-corrected chi connectivity index (χ1v) is 0.901. The summed E-state index contributed by atoms with van der Waals surface area (Å²) in [5, 5.41) is 0. The van der Waals surface area contributed by atoms with E-state index in [1.807, 2.05) is 0 Å². The van der Waals surface area contributed by atoms with Crippen LogP contribution in [0.15, 0.2) is 12.7 Å². The second-order valence-corrected chi connectivity index (χ2v) is 0.322. The minimum Gasteiger partial charge on any atom is -0.419 e. The van der Waals surface area contributed by atoms with Gasteiger partial charge in [0.2, 0.25) is 0 Å².